The van der Waals surface area contributed by atoms with E-state index in [9.17, 15) is 0 Å². The van der Waals surface area contributed by atoms with Crippen LogP contribution in [-0.2, 0) is 32.1 Å². The van der Waals surface area contributed by atoms with Crippen molar-refractivity contribution in [2.75, 3.05) is 0 Å². The van der Waals surface area contributed by atoms with Gasteiger partial charge in [-0.3, -0.25) is 24.9 Å². The number of benzene rings is 10. The van der Waals surface area contributed by atoms with Gasteiger partial charge in [0, 0.05) is 85.7 Å². The lowest BCUT2D eigenvalue weighted by molar-refractivity contribution is 0.411. The van der Waals surface area contributed by atoms with Gasteiger partial charge in [-0.2, -0.15) is 0 Å². The molecular weight excluding hydrogens is 1380 g/mol. The highest BCUT2D eigenvalue weighted by Gasteiger charge is 2.20. The van der Waals surface area contributed by atoms with Crippen molar-refractivity contribution >= 4 is 53.9 Å². The van der Waals surface area contributed by atoms with Gasteiger partial charge in [0.05, 0.1) is 28.5 Å². The summed E-state index contributed by atoms with van der Waals surface area (Å²) in [6.45, 7) is 53.5. The van der Waals surface area contributed by atoms with E-state index < -0.39 is 0 Å². The highest BCUT2D eigenvalue weighted by Crippen LogP contribution is 2.38. The molecule has 0 aliphatic carbocycles. The molecule has 0 aliphatic heterocycles. The number of hydrogen-bond acceptors (Lipinski definition) is 5. The molecule has 0 aliphatic rings. The van der Waals surface area contributed by atoms with E-state index in [4.69, 9.17) is 9.97 Å². The first-order valence-electron chi connectivity index (χ1n) is 41.0. The first-order chi connectivity index (χ1) is 53.7. The summed E-state index contributed by atoms with van der Waals surface area (Å²) >= 11 is 0. The molecule has 0 radical (unpaired) electrons. The Bertz CT molecular complexity index is 5860. The number of aryl methyl sites for hydroxylation is 9. The number of rotatable bonds is 10. The van der Waals surface area contributed by atoms with Gasteiger partial charge in [-0.1, -0.05) is 307 Å². The van der Waals surface area contributed by atoms with Gasteiger partial charge >= 0.3 is 0 Å². The fourth-order valence-electron chi connectivity index (χ4n) is 15.9. The molecule has 5 heterocycles. The normalized spacial score (nSPS) is 11.9. The summed E-state index contributed by atoms with van der Waals surface area (Å²) in [5.41, 5.74) is 31.2. The Kier molecular flexibility index (Phi) is 26.1. The van der Waals surface area contributed by atoms with Crippen LogP contribution in [0.15, 0.2) is 249 Å². The standard InChI is InChI=1S/C23H27N.2C22H25N.2C21H23N/c1-15-9-16(2)11-19(10-15)22-20-8-7-18(13-23(4,5)6)12-21(20)17(3)14-24-22;1-15-10-16(2)12-19(11-15)21-20-7-6-17(14-22(3,4)5)13-18(20)8-9-23-21;1-15-7-6-8-18(11-15)21-19-10-9-17(13-22(3,4)5)12-20(19)16(2)14-23-21;1-15-6-5-7-18(12-15)20-19-9-8-16(14-21(2,3)4)13-17(19)10-11-22-20;1-15-14-22-20(17-8-6-5-7-9-17)18-11-10-16(12-19(15)18)13-21(2,3)4/h7-12,14H,13H2,1-6H3;6-13H,14H2,1-5H3;6-12,14H,13H2,1-5H3;5-13H,14H2,1-4H3;5-12,14H,13H2,1-4H3. The van der Waals surface area contributed by atoms with Crippen LogP contribution >= 0.6 is 0 Å². The minimum atomic E-state index is 0.297. The lowest BCUT2D eigenvalue weighted by atomic mass is 9.87. The summed E-state index contributed by atoms with van der Waals surface area (Å²) in [7, 11) is 0. The van der Waals surface area contributed by atoms with Crippen LogP contribution in [0.25, 0.3) is 110 Å². The zero-order valence-corrected chi connectivity index (χ0v) is 72.9. The third-order valence-electron chi connectivity index (χ3n) is 20.4. The predicted molar refractivity (Wildman–Crippen MR) is 494 cm³/mol. The average molecular weight is 1500 g/mol. The van der Waals surface area contributed by atoms with Gasteiger partial charge < -0.3 is 0 Å². The molecule has 0 saturated heterocycles. The maximum Gasteiger partial charge on any atom is 0.0780 e. The first-order valence-corrected chi connectivity index (χ1v) is 41.0. The van der Waals surface area contributed by atoms with E-state index in [1.165, 1.54) is 160 Å². The predicted octanol–water partition coefficient (Wildman–Crippen LogP) is 30.2. The summed E-state index contributed by atoms with van der Waals surface area (Å²) in [6, 6.07) is 79.2. The Labute approximate surface area is 683 Å². The Balaban J connectivity index is 0.000000141. The quantitative estimate of drug-likeness (QED) is 0.137. The van der Waals surface area contributed by atoms with Gasteiger partial charge in [-0.25, -0.2) is 0 Å². The molecule has 0 fully saturated rings. The molecule has 5 aromatic heterocycles. The Morgan fingerprint density at radius 3 is 0.781 bits per heavy atom. The van der Waals surface area contributed by atoms with E-state index in [2.05, 4.69) is 393 Å². The number of nitrogens with zero attached hydrogens (tertiary/aromatic N) is 5. The maximum absolute atomic E-state index is 4.76. The minimum absolute atomic E-state index is 0.297. The van der Waals surface area contributed by atoms with Crippen LogP contribution < -0.4 is 0 Å². The summed E-state index contributed by atoms with van der Waals surface area (Å²) in [4.78, 5) is 23.5. The lowest BCUT2D eigenvalue weighted by Crippen LogP contribution is -2.09. The van der Waals surface area contributed by atoms with Crippen LogP contribution in [0.5, 0.6) is 0 Å². The van der Waals surface area contributed by atoms with E-state index in [-0.39, 0.29) is 0 Å². The molecule has 0 N–H and O–H groups in total. The Hall–Kier alpha value is -10.8. The van der Waals surface area contributed by atoms with Crippen LogP contribution in [0.3, 0.4) is 0 Å². The number of hydrogen-bond donors (Lipinski definition) is 0. The van der Waals surface area contributed by atoms with Crippen LogP contribution in [0.4, 0.5) is 0 Å². The molecule has 15 aromatic rings. The third kappa shape index (κ3) is 23.0. The third-order valence-corrected chi connectivity index (χ3v) is 20.4. The molecule has 584 valence electrons. The van der Waals surface area contributed by atoms with Crippen LogP contribution in [-0.4, -0.2) is 24.9 Å². The van der Waals surface area contributed by atoms with Crippen LogP contribution in [0, 0.1) is 89.4 Å². The molecule has 0 amide bonds. The molecule has 0 spiro atoms. The van der Waals surface area contributed by atoms with Crippen molar-refractivity contribution < 1.29 is 0 Å². The van der Waals surface area contributed by atoms with Crippen molar-refractivity contribution in [2.45, 2.75) is 198 Å². The molecule has 5 heteroatoms. The van der Waals surface area contributed by atoms with Crippen molar-refractivity contribution in [1.82, 2.24) is 24.9 Å². The fraction of sp³-hybridized carbons (Fsp3) is 0.312. The lowest BCUT2D eigenvalue weighted by Gasteiger charge is -2.19. The van der Waals surface area contributed by atoms with Gasteiger partial charge in [-0.15, -0.1) is 0 Å². The van der Waals surface area contributed by atoms with Crippen molar-refractivity contribution in [3.63, 3.8) is 0 Å². The second-order valence-corrected chi connectivity index (χ2v) is 38.5. The highest BCUT2D eigenvalue weighted by atomic mass is 14.7. The Morgan fingerprint density at radius 1 is 0.202 bits per heavy atom. The second kappa shape index (κ2) is 35.3. The van der Waals surface area contributed by atoms with E-state index in [1.54, 1.807) is 0 Å². The minimum Gasteiger partial charge on any atom is -0.256 e. The van der Waals surface area contributed by atoms with E-state index >= 15 is 0 Å². The van der Waals surface area contributed by atoms with Gasteiger partial charge in [0.25, 0.3) is 0 Å². The smallest absolute Gasteiger partial charge is 0.0780 e. The number of pyridine rings is 5. The number of fused-ring (bicyclic) bond motifs is 5. The summed E-state index contributed by atoms with van der Waals surface area (Å²) in [5, 5.41) is 12.7. The molecule has 0 atom stereocenters. The monoisotopic (exact) mass is 1500 g/mol. The van der Waals surface area contributed by atoms with Gasteiger partial charge in [0.15, 0.2) is 0 Å². The van der Waals surface area contributed by atoms with Gasteiger partial charge in [0.2, 0.25) is 0 Å². The maximum atomic E-state index is 4.76. The SMILES string of the molecule is Cc1cc(C)cc(-c2ncc(C)c3cc(CC(C)(C)C)ccc23)c1.Cc1cc(C)cc(-c2nccc3cc(CC(C)(C)C)ccc23)c1.Cc1cccc(-c2ncc(C)c3cc(CC(C)(C)C)ccc23)c1.Cc1cccc(-c2nccc3cc(CC(C)(C)C)ccc23)c1.Cc1cnc(-c2ccccc2)c2ccc(CC(C)(C)C)cc12. The van der Waals surface area contributed by atoms with Crippen molar-refractivity contribution in [3.05, 3.63) is 327 Å². The molecule has 5 nitrogen and oxygen atoms in total. The molecule has 10 aromatic carbocycles. The fourth-order valence-corrected chi connectivity index (χ4v) is 15.9. The summed E-state index contributed by atoms with van der Waals surface area (Å²) in [5.74, 6) is 0. The van der Waals surface area contributed by atoms with E-state index in [1.807, 2.05) is 37.1 Å². The summed E-state index contributed by atoms with van der Waals surface area (Å²) < 4.78 is 0. The van der Waals surface area contributed by atoms with Crippen molar-refractivity contribution in [1.29, 1.82) is 0 Å². The van der Waals surface area contributed by atoms with Gasteiger partial charge in [-0.05, 0) is 241 Å². The molecule has 114 heavy (non-hydrogen) atoms. The largest absolute Gasteiger partial charge is 0.256 e. The zero-order valence-electron chi connectivity index (χ0n) is 72.9. The number of aromatic nitrogens is 5. The highest BCUT2D eigenvalue weighted by molar-refractivity contribution is 6.00. The van der Waals surface area contributed by atoms with Crippen molar-refractivity contribution in [2.24, 2.45) is 27.1 Å². The molecule has 0 saturated carbocycles. The molecule has 0 bridgehead atoms. The molecule has 15 rings (SSSR count). The van der Waals surface area contributed by atoms with Crippen LogP contribution in [0.1, 0.15) is 182 Å². The van der Waals surface area contributed by atoms with Crippen molar-refractivity contribution in [3.8, 4) is 56.3 Å². The topological polar surface area (TPSA) is 64.5 Å². The second-order valence-electron chi connectivity index (χ2n) is 38.5. The zero-order chi connectivity index (χ0) is 82.2. The average Bonchev–Trinajstić information content (AvgIpc) is 0.883. The van der Waals surface area contributed by atoms with Gasteiger partial charge in [0.1, 0.15) is 0 Å². The first kappa shape index (κ1) is 84.2. The molecular formula is C109H123N5. The van der Waals surface area contributed by atoms with Crippen LogP contribution in [0.2, 0.25) is 0 Å². The van der Waals surface area contributed by atoms with E-state index in [0.717, 1.165) is 60.6 Å². The summed E-state index contributed by atoms with van der Waals surface area (Å²) in [6.07, 6.45) is 15.3. The Morgan fingerprint density at radius 2 is 0.465 bits per heavy atom. The van der Waals surface area contributed by atoms with E-state index in [0.29, 0.717) is 27.1 Å². The molecule has 0 unspecified atom stereocenters.